The van der Waals surface area contributed by atoms with Gasteiger partial charge in [-0.25, -0.2) is 4.98 Å². The van der Waals surface area contributed by atoms with E-state index in [-0.39, 0.29) is 0 Å². The van der Waals surface area contributed by atoms with Crippen LogP contribution in [-0.2, 0) is 6.42 Å². The van der Waals surface area contributed by atoms with Crippen molar-refractivity contribution in [3.63, 3.8) is 0 Å². The van der Waals surface area contributed by atoms with Gasteiger partial charge in [0, 0.05) is 23.4 Å². The number of nitrogens with one attached hydrogen (secondary N) is 1. The summed E-state index contributed by atoms with van der Waals surface area (Å²) >= 11 is 1.74. The molecule has 0 radical (unpaired) electrons. The molecule has 16 heavy (non-hydrogen) atoms. The van der Waals surface area contributed by atoms with Gasteiger partial charge in [-0.3, -0.25) is 0 Å². The van der Waals surface area contributed by atoms with Crippen LogP contribution in [0.3, 0.4) is 0 Å². The van der Waals surface area contributed by atoms with Crippen molar-refractivity contribution in [3.8, 4) is 11.3 Å². The highest BCUT2D eigenvalue weighted by atomic mass is 32.1. The molecule has 0 saturated carbocycles. The van der Waals surface area contributed by atoms with Crippen LogP contribution in [0.5, 0.6) is 0 Å². The van der Waals surface area contributed by atoms with E-state index < -0.39 is 0 Å². The minimum Gasteiger partial charge on any atom is -0.472 e. The van der Waals surface area contributed by atoms with Crippen molar-refractivity contribution in [1.82, 2.24) is 10.3 Å². The first-order valence-electron chi connectivity index (χ1n) is 5.62. The van der Waals surface area contributed by atoms with Gasteiger partial charge < -0.3 is 9.73 Å². The molecule has 1 aliphatic rings. The van der Waals surface area contributed by atoms with Crippen molar-refractivity contribution in [2.75, 3.05) is 6.54 Å². The first kappa shape index (κ1) is 10.1. The molecule has 0 aliphatic carbocycles. The number of rotatable bonds is 3. The molecule has 0 aromatic carbocycles. The first-order valence-corrected chi connectivity index (χ1v) is 6.50. The largest absolute Gasteiger partial charge is 0.472 e. The summed E-state index contributed by atoms with van der Waals surface area (Å²) in [5.74, 6) is 0. The second-order valence-corrected chi connectivity index (χ2v) is 5.08. The predicted molar refractivity (Wildman–Crippen MR) is 64.5 cm³/mol. The Morgan fingerprint density at radius 2 is 2.56 bits per heavy atom. The van der Waals surface area contributed by atoms with Crippen LogP contribution < -0.4 is 5.32 Å². The third-order valence-corrected chi connectivity index (χ3v) is 3.82. The third kappa shape index (κ3) is 2.03. The molecule has 2 aromatic heterocycles. The third-order valence-electron chi connectivity index (χ3n) is 2.95. The molecule has 1 N–H and O–H groups in total. The van der Waals surface area contributed by atoms with Crippen molar-refractivity contribution in [3.05, 3.63) is 29.0 Å². The fourth-order valence-electron chi connectivity index (χ4n) is 2.09. The van der Waals surface area contributed by atoms with Gasteiger partial charge in [-0.05, 0) is 25.5 Å². The van der Waals surface area contributed by atoms with E-state index in [1.165, 1.54) is 17.8 Å². The Hall–Kier alpha value is -1.13. The van der Waals surface area contributed by atoms with Gasteiger partial charge >= 0.3 is 0 Å². The van der Waals surface area contributed by atoms with E-state index in [0.29, 0.717) is 6.04 Å². The Kier molecular flexibility index (Phi) is 2.76. The summed E-state index contributed by atoms with van der Waals surface area (Å²) in [7, 11) is 0. The van der Waals surface area contributed by atoms with Crippen LogP contribution in [0.4, 0.5) is 0 Å². The lowest BCUT2D eigenvalue weighted by Gasteiger charge is -2.06. The molecule has 84 valence electrons. The van der Waals surface area contributed by atoms with Crippen molar-refractivity contribution in [2.24, 2.45) is 0 Å². The van der Waals surface area contributed by atoms with E-state index in [1.54, 1.807) is 23.9 Å². The molecular weight excluding hydrogens is 220 g/mol. The summed E-state index contributed by atoms with van der Waals surface area (Å²) in [4.78, 5) is 4.63. The summed E-state index contributed by atoms with van der Waals surface area (Å²) in [6, 6.07) is 2.58. The van der Waals surface area contributed by atoms with Crippen molar-refractivity contribution in [2.45, 2.75) is 25.3 Å². The molecule has 3 rings (SSSR count). The van der Waals surface area contributed by atoms with E-state index >= 15 is 0 Å². The molecule has 1 fully saturated rings. The molecule has 0 bridgehead atoms. The van der Waals surface area contributed by atoms with Gasteiger partial charge in [0.25, 0.3) is 0 Å². The van der Waals surface area contributed by atoms with Crippen LogP contribution in [0.2, 0.25) is 0 Å². The minimum atomic E-state index is 0.628. The molecule has 0 amide bonds. The summed E-state index contributed by atoms with van der Waals surface area (Å²) in [6.45, 7) is 1.16. The van der Waals surface area contributed by atoms with E-state index in [2.05, 4.69) is 15.7 Å². The quantitative estimate of drug-likeness (QED) is 0.887. The van der Waals surface area contributed by atoms with Gasteiger partial charge in [0.15, 0.2) is 0 Å². The van der Waals surface area contributed by atoms with Crippen molar-refractivity contribution >= 4 is 11.3 Å². The maximum absolute atomic E-state index is 5.06. The second kappa shape index (κ2) is 4.39. The number of hydrogen-bond acceptors (Lipinski definition) is 4. The second-order valence-electron chi connectivity index (χ2n) is 4.14. The lowest BCUT2D eigenvalue weighted by molar-refractivity contribution is 0.568. The lowest BCUT2D eigenvalue weighted by atomic mass is 10.2. The normalized spacial score (nSPS) is 20.4. The Morgan fingerprint density at radius 3 is 3.31 bits per heavy atom. The monoisotopic (exact) mass is 234 g/mol. The first-order chi connectivity index (χ1) is 7.92. The zero-order valence-corrected chi connectivity index (χ0v) is 9.80. The molecule has 1 aliphatic heterocycles. The standard InChI is InChI=1S/C12H14N2OS/c1-2-10(13-4-1)6-12-14-11(8-16-12)9-3-5-15-7-9/h3,5,7-8,10,13H,1-2,4,6H2. The van der Waals surface area contributed by atoms with Crippen molar-refractivity contribution in [1.29, 1.82) is 0 Å². The number of thiazole rings is 1. The van der Waals surface area contributed by atoms with Crippen LogP contribution in [0.1, 0.15) is 17.8 Å². The van der Waals surface area contributed by atoms with Crippen molar-refractivity contribution < 1.29 is 4.42 Å². The van der Waals surface area contributed by atoms with Gasteiger partial charge in [-0.2, -0.15) is 0 Å². The minimum absolute atomic E-state index is 0.628. The summed E-state index contributed by atoms with van der Waals surface area (Å²) in [5.41, 5.74) is 2.11. The SMILES string of the molecule is c1cc(-c2csc(CC3CCCN3)n2)co1. The predicted octanol–water partition coefficient (Wildman–Crippen LogP) is 2.70. The summed E-state index contributed by atoms with van der Waals surface area (Å²) < 4.78 is 5.06. The van der Waals surface area contributed by atoms with E-state index in [0.717, 1.165) is 24.2 Å². The molecule has 3 heterocycles. The number of aromatic nitrogens is 1. The highest BCUT2D eigenvalue weighted by Crippen LogP contribution is 2.23. The Balaban J connectivity index is 1.72. The van der Waals surface area contributed by atoms with Crippen LogP contribution in [-0.4, -0.2) is 17.6 Å². The highest BCUT2D eigenvalue weighted by molar-refractivity contribution is 7.09. The Labute approximate surface area is 98.5 Å². The summed E-state index contributed by atoms with van der Waals surface area (Å²) in [5, 5.41) is 6.82. The lowest BCUT2D eigenvalue weighted by Crippen LogP contribution is -2.23. The zero-order chi connectivity index (χ0) is 10.8. The molecule has 3 nitrogen and oxygen atoms in total. The molecule has 1 saturated heterocycles. The van der Waals surface area contributed by atoms with Gasteiger partial charge in [-0.15, -0.1) is 11.3 Å². The van der Waals surface area contributed by atoms with Gasteiger partial charge in [0.2, 0.25) is 0 Å². The van der Waals surface area contributed by atoms with E-state index in [4.69, 9.17) is 4.42 Å². The molecular formula is C12H14N2OS. The summed E-state index contributed by atoms with van der Waals surface area (Å²) in [6.07, 6.45) is 7.06. The fourth-order valence-corrected chi connectivity index (χ4v) is 2.97. The molecule has 1 atom stereocenters. The van der Waals surface area contributed by atoms with Crippen LogP contribution in [0, 0.1) is 0 Å². The average Bonchev–Trinajstić information content (AvgIpc) is 2.99. The maximum Gasteiger partial charge on any atom is 0.0996 e. The van der Waals surface area contributed by atoms with E-state index in [1.807, 2.05) is 6.07 Å². The molecule has 4 heteroatoms. The van der Waals surface area contributed by atoms with Crippen LogP contribution >= 0.6 is 11.3 Å². The Morgan fingerprint density at radius 1 is 1.56 bits per heavy atom. The number of furan rings is 1. The molecule has 2 aromatic rings. The Bertz CT molecular complexity index is 443. The highest BCUT2D eigenvalue weighted by Gasteiger charge is 2.16. The number of hydrogen-bond donors (Lipinski definition) is 1. The van der Waals surface area contributed by atoms with E-state index in [9.17, 15) is 0 Å². The van der Waals surface area contributed by atoms with Crippen LogP contribution in [0.15, 0.2) is 28.4 Å². The van der Waals surface area contributed by atoms with Gasteiger partial charge in [0.05, 0.1) is 23.2 Å². The number of nitrogens with zero attached hydrogens (tertiary/aromatic N) is 1. The van der Waals surface area contributed by atoms with Crippen LogP contribution in [0.25, 0.3) is 11.3 Å². The van der Waals surface area contributed by atoms with Gasteiger partial charge in [-0.1, -0.05) is 0 Å². The smallest absolute Gasteiger partial charge is 0.0996 e. The molecule has 1 unspecified atom stereocenters. The average molecular weight is 234 g/mol. The maximum atomic E-state index is 5.06. The zero-order valence-electron chi connectivity index (χ0n) is 8.98. The molecule has 0 spiro atoms. The van der Waals surface area contributed by atoms with Gasteiger partial charge in [0.1, 0.15) is 0 Å². The fraction of sp³-hybridized carbons (Fsp3) is 0.417. The topological polar surface area (TPSA) is 38.1 Å².